The van der Waals surface area contributed by atoms with Gasteiger partial charge in [0.25, 0.3) is 0 Å². The predicted molar refractivity (Wildman–Crippen MR) is 179 cm³/mol. The Kier molecular flexibility index (Phi) is 8.83. The molecule has 1 aliphatic carbocycles. The van der Waals surface area contributed by atoms with E-state index < -0.39 is 45.5 Å². The van der Waals surface area contributed by atoms with Gasteiger partial charge in [-0.15, -0.1) is 4.72 Å². The SMILES string of the molecule is CC(C)(C)[S@@+]([O-])NC1(c2cccc(C#N)c2)CCC2C/C2=C(\Nc2ccc(Cl)cc2)N2C[C@H](O)C[C@@H]2C(=O)Nc2cc1ccc2F. The standard InChI is InChI=1S/C35H37ClFN5O3S/c1-34(2,3)46(45)41-35(23-6-4-5-21(15-23)19-38)14-13-22-16-28(22)32(39-26-10-8-25(36)9-11-26)42-20-27(43)18-31(42)33(44)40-30-17-24(35)7-12-29(30)37/h4-12,15,17,22,27,31,39,41,43H,13-14,16,18,20H2,1-3H3,(H,40,44)/b32-28-/t22?,27-,31-,35?,46-/m1/s1. The number of carbonyl (C=O) groups excluding carboxylic acids is 1. The van der Waals surface area contributed by atoms with E-state index in [1.165, 1.54) is 6.07 Å². The summed E-state index contributed by atoms with van der Waals surface area (Å²) in [6.07, 6.45) is 1.35. The molecule has 1 saturated heterocycles. The number of benzene rings is 3. The molecule has 240 valence electrons. The van der Waals surface area contributed by atoms with E-state index in [1.54, 1.807) is 42.5 Å². The first-order valence-corrected chi connectivity index (χ1v) is 16.9. The van der Waals surface area contributed by atoms with E-state index in [1.807, 2.05) is 43.9 Å². The predicted octanol–water partition coefficient (Wildman–Crippen LogP) is 6.16. The number of halogens is 2. The molecule has 3 aromatic carbocycles. The maximum atomic E-state index is 15.5. The number of carbonyl (C=O) groups is 1. The normalized spacial score (nSPS) is 26.8. The zero-order valence-electron chi connectivity index (χ0n) is 25.9. The Morgan fingerprint density at radius 1 is 1.15 bits per heavy atom. The van der Waals surface area contributed by atoms with E-state index in [0.29, 0.717) is 29.0 Å². The fourth-order valence-corrected chi connectivity index (χ4v) is 7.46. The molecule has 3 aromatic rings. The van der Waals surface area contributed by atoms with Gasteiger partial charge in [-0.1, -0.05) is 29.8 Å². The zero-order chi connectivity index (χ0) is 32.8. The second-order valence-electron chi connectivity index (χ2n) is 13.3. The monoisotopic (exact) mass is 661 g/mol. The largest absolute Gasteiger partial charge is 0.598 e. The molecule has 2 heterocycles. The summed E-state index contributed by atoms with van der Waals surface area (Å²) in [4.78, 5) is 15.8. The molecular weight excluding hydrogens is 625 g/mol. The van der Waals surface area contributed by atoms with Gasteiger partial charge in [0, 0.05) is 35.0 Å². The highest BCUT2D eigenvalue weighted by Gasteiger charge is 2.47. The van der Waals surface area contributed by atoms with Crippen LogP contribution in [-0.2, 0) is 21.7 Å². The van der Waals surface area contributed by atoms with Crippen LogP contribution >= 0.6 is 11.6 Å². The Morgan fingerprint density at radius 2 is 1.89 bits per heavy atom. The second kappa shape index (κ2) is 12.5. The third kappa shape index (κ3) is 6.48. The Morgan fingerprint density at radius 3 is 2.61 bits per heavy atom. The van der Waals surface area contributed by atoms with Crippen molar-refractivity contribution < 1.29 is 18.8 Å². The average molecular weight is 662 g/mol. The Labute approximate surface area is 276 Å². The van der Waals surface area contributed by atoms with Crippen molar-refractivity contribution in [3.8, 4) is 6.07 Å². The molecule has 46 heavy (non-hydrogen) atoms. The number of rotatable bonds is 5. The first kappa shape index (κ1) is 32.4. The number of hydrogen-bond donors (Lipinski definition) is 4. The Balaban J connectivity index is 1.51. The number of aliphatic hydroxyl groups is 1. The number of anilines is 2. The maximum absolute atomic E-state index is 15.5. The van der Waals surface area contributed by atoms with Gasteiger partial charge >= 0.3 is 0 Å². The minimum Gasteiger partial charge on any atom is -0.598 e. The maximum Gasteiger partial charge on any atom is 0.247 e. The van der Waals surface area contributed by atoms with Crippen LogP contribution in [0.4, 0.5) is 15.8 Å². The first-order chi connectivity index (χ1) is 21.9. The van der Waals surface area contributed by atoms with Crippen LogP contribution < -0.4 is 15.4 Å². The van der Waals surface area contributed by atoms with Crippen molar-refractivity contribution in [3.63, 3.8) is 0 Å². The summed E-state index contributed by atoms with van der Waals surface area (Å²) >= 11 is 4.58. The molecule has 2 unspecified atom stereocenters. The van der Waals surface area contributed by atoms with Crippen LogP contribution in [0.25, 0.3) is 0 Å². The van der Waals surface area contributed by atoms with Crippen molar-refractivity contribution >= 4 is 40.2 Å². The van der Waals surface area contributed by atoms with Gasteiger partial charge in [-0.25, -0.2) is 4.39 Å². The van der Waals surface area contributed by atoms with Gasteiger partial charge in [0.2, 0.25) is 5.91 Å². The van der Waals surface area contributed by atoms with Crippen LogP contribution in [0, 0.1) is 23.1 Å². The molecule has 6 rings (SSSR count). The summed E-state index contributed by atoms with van der Waals surface area (Å²) in [7, 11) is 0. The number of aliphatic hydroxyl groups excluding tert-OH is 1. The highest BCUT2D eigenvalue weighted by atomic mass is 35.5. The lowest BCUT2D eigenvalue weighted by molar-refractivity contribution is -0.119. The van der Waals surface area contributed by atoms with E-state index in [4.69, 9.17) is 11.6 Å². The molecule has 4 N–H and O–H groups in total. The lowest BCUT2D eigenvalue weighted by atomic mass is 9.78. The van der Waals surface area contributed by atoms with Gasteiger partial charge in [-0.05, 0) is 111 Å². The molecule has 11 heteroatoms. The second-order valence-corrected chi connectivity index (χ2v) is 15.7. The van der Waals surface area contributed by atoms with Crippen molar-refractivity contribution in [2.45, 2.75) is 68.9 Å². The third-order valence-electron chi connectivity index (χ3n) is 8.97. The molecule has 8 nitrogen and oxygen atoms in total. The minimum absolute atomic E-state index is 0.0164. The number of nitrogens with zero attached hydrogens (tertiary/aromatic N) is 2. The van der Waals surface area contributed by atoms with E-state index in [-0.39, 0.29) is 24.6 Å². The number of hydrogen-bond acceptors (Lipinski definition) is 7. The fourth-order valence-electron chi connectivity index (χ4n) is 6.37. The van der Waals surface area contributed by atoms with Gasteiger partial charge in [-0.2, -0.15) is 5.26 Å². The number of nitrogens with one attached hydrogen (secondary N) is 3. The van der Waals surface area contributed by atoms with E-state index >= 15 is 4.39 Å². The summed E-state index contributed by atoms with van der Waals surface area (Å²) in [6.45, 7) is 5.88. The van der Waals surface area contributed by atoms with Crippen LogP contribution in [0.15, 0.2) is 78.1 Å². The van der Waals surface area contributed by atoms with Crippen molar-refractivity contribution in [2.24, 2.45) is 5.92 Å². The van der Waals surface area contributed by atoms with Gasteiger partial charge in [0.1, 0.15) is 28.0 Å². The van der Waals surface area contributed by atoms with Gasteiger partial charge < -0.3 is 25.2 Å². The summed E-state index contributed by atoms with van der Waals surface area (Å²) in [5.74, 6) is -0.183. The smallest absolute Gasteiger partial charge is 0.247 e. The van der Waals surface area contributed by atoms with Crippen LogP contribution in [0.1, 0.15) is 63.1 Å². The lowest BCUT2D eigenvalue weighted by Gasteiger charge is -2.39. The van der Waals surface area contributed by atoms with Crippen LogP contribution in [0.3, 0.4) is 0 Å². The highest BCUT2D eigenvalue weighted by molar-refractivity contribution is 7.90. The quantitative estimate of drug-likeness (QED) is 0.242. The van der Waals surface area contributed by atoms with Crippen molar-refractivity contribution in [1.82, 2.24) is 9.62 Å². The Bertz CT molecular complexity index is 1720. The molecule has 1 amide bonds. The molecule has 1 saturated carbocycles. The molecule has 3 aliphatic rings. The summed E-state index contributed by atoms with van der Waals surface area (Å²) in [5.41, 5.74) is 2.57. The lowest BCUT2D eigenvalue weighted by Crippen LogP contribution is -2.52. The molecule has 0 aromatic heterocycles. The van der Waals surface area contributed by atoms with Gasteiger partial charge in [0.15, 0.2) is 0 Å². The average Bonchev–Trinajstić information content (AvgIpc) is 3.69. The first-order valence-electron chi connectivity index (χ1n) is 15.4. The molecule has 0 spiro atoms. The zero-order valence-corrected chi connectivity index (χ0v) is 27.5. The van der Waals surface area contributed by atoms with E-state index in [0.717, 1.165) is 29.1 Å². The van der Waals surface area contributed by atoms with Gasteiger partial charge in [0.05, 0.1) is 23.4 Å². The van der Waals surface area contributed by atoms with E-state index in [9.17, 15) is 19.7 Å². The number of fused-ring (bicyclic) bond motifs is 4. The minimum atomic E-state index is -1.56. The van der Waals surface area contributed by atoms with Crippen LogP contribution in [0.5, 0.6) is 0 Å². The number of allylic oxidation sites excluding steroid dienone is 1. The highest BCUT2D eigenvalue weighted by Crippen LogP contribution is 2.49. The van der Waals surface area contributed by atoms with Crippen molar-refractivity contribution in [2.75, 3.05) is 17.2 Å². The molecule has 2 aliphatic heterocycles. The van der Waals surface area contributed by atoms with E-state index in [2.05, 4.69) is 21.4 Å². The molecule has 2 fully saturated rings. The third-order valence-corrected chi connectivity index (χ3v) is 10.9. The van der Waals surface area contributed by atoms with Gasteiger partial charge in [-0.3, -0.25) is 4.79 Å². The summed E-state index contributed by atoms with van der Waals surface area (Å²) < 4.78 is 32.1. The number of nitriles is 1. The molecule has 5 atom stereocenters. The molecular formula is C35H37ClFN5O3S. The summed E-state index contributed by atoms with van der Waals surface area (Å²) in [5, 5.41) is 27.4. The number of amides is 1. The van der Waals surface area contributed by atoms with Crippen LogP contribution in [0.2, 0.25) is 5.02 Å². The molecule has 0 radical (unpaired) electrons. The topological polar surface area (TPSA) is 123 Å². The Hall–Kier alpha value is -3.59. The summed E-state index contributed by atoms with van der Waals surface area (Å²) in [6, 6.07) is 20.5. The fraction of sp³-hybridized carbons (Fsp3) is 0.371. The molecule has 2 bridgehead atoms. The van der Waals surface area contributed by atoms with Crippen LogP contribution in [-0.4, -0.2) is 43.9 Å². The van der Waals surface area contributed by atoms with Crippen molar-refractivity contribution in [3.05, 3.63) is 106 Å². The van der Waals surface area contributed by atoms with Crippen molar-refractivity contribution in [1.29, 1.82) is 5.26 Å².